The summed E-state index contributed by atoms with van der Waals surface area (Å²) >= 11 is 1.51. The molecule has 0 aliphatic carbocycles. The summed E-state index contributed by atoms with van der Waals surface area (Å²) in [5, 5.41) is 6.91. The Morgan fingerprint density at radius 3 is 3.10 bits per heavy atom. The second-order valence-electron chi connectivity index (χ2n) is 5.06. The van der Waals surface area contributed by atoms with E-state index in [1.165, 1.54) is 11.3 Å². The molecule has 1 aromatic heterocycles. The van der Waals surface area contributed by atoms with Gasteiger partial charge in [-0.2, -0.15) is 0 Å². The van der Waals surface area contributed by atoms with Gasteiger partial charge in [-0.15, -0.1) is 12.4 Å². The molecule has 0 spiro atoms. The second kappa shape index (κ2) is 7.17. The Bertz CT molecular complexity index is 585. The van der Waals surface area contributed by atoms with E-state index in [0.29, 0.717) is 17.7 Å². The molecule has 2 N–H and O–H groups in total. The van der Waals surface area contributed by atoms with Crippen LogP contribution < -0.4 is 10.6 Å². The second-order valence-corrected chi connectivity index (χ2v) is 6.09. The highest BCUT2D eigenvalue weighted by Crippen LogP contribution is 2.25. The van der Waals surface area contributed by atoms with Gasteiger partial charge in [-0.05, 0) is 19.1 Å². The van der Waals surface area contributed by atoms with Crippen LogP contribution in [0.1, 0.15) is 6.92 Å². The lowest BCUT2D eigenvalue weighted by molar-refractivity contribution is -0.118. The molecule has 1 amide bonds. The number of para-hydroxylation sites is 1. The van der Waals surface area contributed by atoms with Crippen molar-refractivity contribution in [1.29, 1.82) is 0 Å². The van der Waals surface area contributed by atoms with Gasteiger partial charge in [0.25, 0.3) is 0 Å². The van der Waals surface area contributed by atoms with E-state index in [1.54, 1.807) is 0 Å². The summed E-state index contributed by atoms with van der Waals surface area (Å²) < 4.78 is 1.10. The number of nitrogens with zero attached hydrogens (tertiary/aromatic N) is 2. The summed E-state index contributed by atoms with van der Waals surface area (Å²) in [6.45, 7) is 5.36. The minimum atomic E-state index is 0. The Hall–Kier alpha value is -1.21. The van der Waals surface area contributed by atoms with Crippen LogP contribution in [0.5, 0.6) is 0 Å². The molecule has 1 aromatic carbocycles. The van der Waals surface area contributed by atoms with E-state index < -0.39 is 0 Å². The molecule has 1 saturated heterocycles. The van der Waals surface area contributed by atoms with Crippen LogP contribution in [0, 0.1) is 0 Å². The zero-order valence-corrected chi connectivity index (χ0v) is 13.5. The Balaban J connectivity index is 0.00000161. The predicted molar refractivity (Wildman–Crippen MR) is 89.4 cm³/mol. The van der Waals surface area contributed by atoms with Crippen LogP contribution in [-0.4, -0.2) is 48.0 Å². The number of amides is 1. The van der Waals surface area contributed by atoms with Gasteiger partial charge in [-0.1, -0.05) is 23.5 Å². The SMILES string of the molecule is C[C@H]1CNCCN1CC(=O)Nc1nc2ccccc2s1.Cl. The first-order valence-corrected chi connectivity index (χ1v) is 7.64. The molecule has 7 heteroatoms. The summed E-state index contributed by atoms with van der Waals surface area (Å²) in [5.74, 6) is 0.0119. The Labute approximate surface area is 134 Å². The largest absolute Gasteiger partial charge is 0.314 e. The van der Waals surface area contributed by atoms with Crippen molar-refractivity contribution >= 4 is 45.0 Å². The number of anilines is 1. The maximum absolute atomic E-state index is 12.1. The number of piperazine rings is 1. The molecule has 2 heterocycles. The van der Waals surface area contributed by atoms with E-state index in [2.05, 4.69) is 27.4 Å². The highest BCUT2D eigenvalue weighted by molar-refractivity contribution is 7.22. The van der Waals surface area contributed by atoms with E-state index >= 15 is 0 Å². The molecule has 0 radical (unpaired) electrons. The summed E-state index contributed by atoms with van der Waals surface area (Å²) in [4.78, 5) is 18.7. The first-order chi connectivity index (χ1) is 9.72. The van der Waals surface area contributed by atoms with Crippen LogP contribution >= 0.6 is 23.7 Å². The van der Waals surface area contributed by atoms with Crippen LogP contribution in [0.25, 0.3) is 10.2 Å². The van der Waals surface area contributed by atoms with Gasteiger partial charge in [-0.3, -0.25) is 9.69 Å². The fourth-order valence-corrected chi connectivity index (χ4v) is 3.27. The zero-order valence-electron chi connectivity index (χ0n) is 11.8. The number of thiazole rings is 1. The van der Waals surface area contributed by atoms with Gasteiger partial charge in [0.15, 0.2) is 5.13 Å². The molecule has 1 fully saturated rings. The number of hydrogen-bond donors (Lipinski definition) is 2. The average Bonchev–Trinajstić information content (AvgIpc) is 2.83. The van der Waals surface area contributed by atoms with Crippen LogP contribution in [0.2, 0.25) is 0 Å². The quantitative estimate of drug-likeness (QED) is 0.905. The van der Waals surface area contributed by atoms with Gasteiger partial charge in [-0.25, -0.2) is 4.98 Å². The molecule has 1 aliphatic rings. The summed E-state index contributed by atoms with van der Waals surface area (Å²) in [5.41, 5.74) is 0.934. The van der Waals surface area contributed by atoms with Crippen LogP contribution in [0.3, 0.4) is 0 Å². The third kappa shape index (κ3) is 3.91. The number of halogens is 1. The van der Waals surface area contributed by atoms with E-state index in [0.717, 1.165) is 29.9 Å². The lowest BCUT2D eigenvalue weighted by Crippen LogP contribution is -2.51. The number of hydrogen-bond acceptors (Lipinski definition) is 5. The first kappa shape index (κ1) is 16.2. The topological polar surface area (TPSA) is 57.3 Å². The van der Waals surface area contributed by atoms with Gasteiger partial charge < -0.3 is 10.6 Å². The van der Waals surface area contributed by atoms with Crippen molar-refractivity contribution in [2.75, 3.05) is 31.5 Å². The lowest BCUT2D eigenvalue weighted by Gasteiger charge is -2.33. The number of rotatable bonds is 3. The van der Waals surface area contributed by atoms with Crippen molar-refractivity contribution in [2.24, 2.45) is 0 Å². The van der Waals surface area contributed by atoms with Gasteiger partial charge in [0, 0.05) is 25.7 Å². The highest BCUT2D eigenvalue weighted by Gasteiger charge is 2.20. The number of carbonyl (C=O) groups is 1. The number of fused-ring (bicyclic) bond motifs is 1. The maximum Gasteiger partial charge on any atom is 0.240 e. The van der Waals surface area contributed by atoms with Crippen molar-refractivity contribution in [3.8, 4) is 0 Å². The molecule has 0 unspecified atom stereocenters. The monoisotopic (exact) mass is 326 g/mol. The molecule has 5 nitrogen and oxygen atoms in total. The first-order valence-electron chi connectivity index (χ1n) is 6.82. The van der Waals surface area contributed by atoms with Crippen LogP contribution in [0.15, 0.2) is 24.3 Å². The fourth-order valence-electron chi connectivity index (χ4n) is 2.39. The molecule has 2 aromatic rings. The molecule has 21 heavy (non-hydrogen) atoms. The predicted octanol–water partition coefficient (Wildman–Crippen LogP) is 1.95. The molecule has 0 saturated carbocycles. The maximum atomic E-state index is 12.1. The van der Waals surface area contributed by atoms with Crippen LogP contribution in [-0.2, 0) is 4.79 Å². The minimum Gasteiger partial charge on any atom is -0.314 e. The summed E-state index contributed by atoms with van der Waals surface area (Å²) in [7, 11) is 0. The van der Waals surface area contributed by atoms with E-state index in [1.807, 2.05) is 24.3 Å². The molecule has 114 valence electrons. The normalized spacial score (nSPS) is 19.2. The minimum absolute atomic E-state index is 0. The molecule has 1 atom stereocenters. The number of aromatic nitrogens is 1. The van der Waals surface area contributed by atoms with Crippen molar-refractivity contribution in [3.63, 3.8) is 0 Å². The number of benzene rings is 1. The average molecular weight is 327 g/mol. The Morgan fingerprint density at radius 1 is 1.52 bits per heavy atom. The Kier molecular flexibility index (Phi) is 5.52. The molecular weight excluding hydrogens is 308 g/mol. The fraction of sp³-hybridized carbons (Fsp3) is 0.429. The van der Waals surface area contributed by atoms with Gasteiger partial charge in [0.1, 0.15) is 0 Å². The zero-order chi connectivity index (χ0) is 13.9. The number of nitrogens with one attached hydrogen (secondary N) is 2. The number of carbonyl (C=O) groups excluding carboxylic acids is 1. The third-order valence-corrected chi connectivity index (χ3v) is 4.48. The third-order valence-electron chi connectivity index (χ3n) is 3.53. The molecule has 3 rings (SSSR count). The summed E-state index contributed by atoms with van der Waals surface area (Å²) in [6, 6.07) is 8.30. The van der Waals surface area contributed by atoms with Crippen molar-refractivity contribution in [2.45, 2.75) is 13.0 Å². The van der Waals surface area contributed by atoms with E-state index in [9.17, 15) is 4.79 Å². The standard InChI is InChI=1S/C14H18N4OS.ClH/c1-10-8-15-6-7-18(10)9-13(19)17-14-16-11-4-2-3-5-12(11)20-14;/h2-5,10,15H,6-9H2,1H3,(H,16,17,19);1H/t10-;/m0./s1. The molecule has 1 aliphatic heterocycles. The smallest absolute Gasteiger partial charge is 0.240 e. The van der Waals surface area contributed by atoms with Gasteiger partial charge in [0.2, 0.25) is 5.91 Å². The van der Waals surface area contributed by atoms with Gasteiger partial charge in [0.05, 0.1) is 16.8 Å². The van der Waals surface area contributed by atoms with Crippen molar-refractivity contribution < 1.29 is 4.79 Å². The lowest BCUT2D eigenvalue weighted by atomic mass is 10.2. The molecule has 0 bridgehead atoms. The van der Waals surface area contributed by atoms with Gasteiger partial charge >= 0.3 is 0 Å². The Morgan fingerprint density at radius 2 is 2.33 bits per heavy atom. The van der Waals surface area contributed by atoms with Crippen molar-refractivity contribution in [3.05, 3.63) is 24.3 Å². The van der Waals surface area contributed by atoms with E-state index in [-0.39, 0.29) is 18.3 Å². The van der Waals surface area contributed by atoms with Crippen molar-refractivity contribution in [1.82, 2.24) is 15.2 Å². The highest BCUT2D eigenvalue weighted by atomic mass is 35.5. The summed E-state index contributed by atoms with van der Waals surface area (Å²) in [6.07, 6.45) is 0. The van der Waals surface area contributed by atoms with E-state index in [4.69, 9.17) is 0 Å². The van der Waals surface area contributed by atoms with Crippen LogP contribution in [0.4, 0.5) is 5.13 Å². The molecular formula is C14H19ClN4OS.